The molecule has 0 aromatic carbocycles. The Kier molecular flexibility index (Phi) is 4.01. The van der Waals surface area contributed by atoms with Crippen molar-refractivity contribution in [2.45, 2.75) is 6.92 Å². The van der Waals surface area contributed by atoms with E-state index in [1.165, 1.54) is 0 Å². The molecule has 0 fully saturated rings. The molecule has 0 unspecified atom stereocenters. The lowest BCUT2D eigenvalue weighted by atomic mass is 10.1. The summed E-state index contributed by atoms with van der Waals surface area (Å²) in [7, 11) is 0. The van der Waals surface area contributed by atoms with Crippen molar-refractivity contribution in [3.63, 3.8) is 0 Å². The summed E-state index contributed by atoms with van der Waals surface area (Å²) in [6, 6.07) is 1.97. The SMILES string of the molecule is C=C=C=C=C/C=C/c1ccncc1C. The smallest absolute Gasteiger partial charge is 0.0303 e. The first-order chi connectivity index (χ1) is 6.84. The average Bonchev–Trinajstić information content (AvgIpc) is 2.20. The van der Waals surface area contributed by atoms with Gasteiger partial charge in [-0.2, -0.15) is 0 Å². The van der Waals surface area contributed by atoms with E-state index in [0.29, 0.717) is 0 Å². The van der Waals surface area contributed by atoms with E-state index in [4.69, 9.17) is 0 Å². The highest BCUT2D eigenvalue weighted by Gasteiger charge is 1.89. The van der Waals surface area contributed by atoms with E-state index >= 15 is 0 Å². The number of aromatic nitrogens is 1. The molecule has 0 atom stereocenters. The van der Waals surface area contributed by atoms with Crippen molar-refractivity contribution in [2.75, 3.05) is 0 Å². The van der Waals surface area contributed by atoms with Gasteiger partial charge in [0.1, 0.15) is 0 Å². The molecule has 1 aromatic rings. The summed E-state index contributed by atoms with van der Waals surface area (Å²) < 4.78 is 0. The zero-order valence-corrected chi connectivity index (χ0v) is 8.12. The Labute approximate surface area is 84.1 Å². The minimum atomic E-state index is 1.15. The van der Waals surface area contributed by atoms with Gasteiger partial charge >= 0.3 is 0 Å². The van der Waals surface area contributed by atoms with Crippen LogP contribution in [-0.2, 0) is 0 Å². The summed E-state index contributed by atoms with van der Waals surface area (Å²) in [6.07, 6.45) is 9.26. The fourth-order valence-corrected chi connectivity index (χ4v) is 0.964. The Bertz CT molecular complexity index is 450. The van der Waals surface area contributed by atoms with Crippen LogP contribution in [0, 0.1) is 6.92 Å². The Morgan fingerprint density at radius 2 is 2.36 bits per heavy atom. The fraction of sp³-hybridized carbons (Fsp3) is 0.0769. The third kappa shape index (κ3) is 3.15. The maximum absolute atomic E-state index is 4.01. The number of pyridine rings is 1. The van der Waals surface area contributed by atoms with Gasteiger partial charge in [0.05, 0.1) is 0 Å². The summed E-state index contributed by atoms with van der Waals surface area (Å²) in [6.45, 7) is 5.40. The van der Waals surface area contributed by atoms with Crippen LogP contribution in [-0.4, -0.2) is 4.98 Å². The lowest BCUT2D eigenvalue weighted by Gasteiger charge is -1.95. The van der Waals surface area contributed by atoms with Crippen molar-refractivity contribution < 1.29 is 0 Å². The van der Waals surface area contributed by atoms with Crippen molar-refractivity contribution in [2.24, 2.45) is 0 Å². The minimum Gasteiger partial charge on any atom is -0.264 e. The summed E-state index contributed by atoms with van der Waals surface area (Å²) in [4.78, 5) is 4.01. The van der Waals surface area contributed by atoms with Gasteiger partial charge in [-0.3, -0.25) is 4.98 Å². The molecule has 68 valence electrons. The number of aryl methyl sites for hydroxylation is 1. The molecule has 0 N–H and O–H groups in total. The summed E-state index contributed by atoms with van der Waals surface area (Å²) in [5, 5.41) is 0. The number of hydrogen-bond donors (Lipinski definition) is 0. The van der Waals surface area contributed by atoms with Crippen molar-refractivity contribution in [1.82, 2.24) is 4.98 Å². The summed E-state index contributed by atoms with van der Waals surface area (Å²) >= 11 is 0. The second-order valence-corrected chi connectivity index (χ2v) is 2.70. The second-order valence-electron chi connectivity index (χ2n) is 2.70. The van der Waals surface area contributed by atoms with E-state index in [-0.39, 0.29) is 0 Å². The van der Waals surface area contributed by atoms with Gasteiger partial charge in [0, 0.05) is 12.4 Å². The van der Waals surface area contributed by atoms with E-state index in [1.54, 1.807) is 12.3 Å². The van der Waals surface area contributed by atoms with Crippen LogP contribution in [0.25, 0.3) is 6.08 Å². The maximum atomic E-state index is 4.01. The first kappa shape index (κ1) is 10.1. The van der Waals surface area contributed by atoms with Gasteiger partial charge in [-0.15, -0.1) is 0 Å². The molecule has 0 amide bonds. The molecule has 0 aliphatic carbocycles. The fourth-order valence-electron chi connectivity index (χ4n) is 0.964. The molecular weight excluding hydrogens is 170 g/mol. The third-order valence-corrected chi connectivity index (χ3v) is 1.68. The van der Waals surface area contributed by atoms with Gasteiger partial charge in [0.25, 0.3) is 0 Å². The summed E-state index contributed by atoms with van der Waals surface area (Å²) in [5.41, 5.74) is 10.2. The van der Waals surface area contributed by atoms with E-state index < -0.39 is 0 Å². The van der Waals surface area contributed by atoms with Gasteiger partial charge < -0.3 is 0 Å². The van der Waals surface area contributed by atoms with Crippen LogP contribution in [0.15, 0.2) is 54.4 Å². The van der Waals surface area contributed by atoms with Crippen LogP contribution in [0.5, 0.6) is 0 Å². The van der Waals surface area contributed by atoms with Crippen molar-refractivity contribution in [1.29, 1.82) is 0 Å². The zero-order valence-electron chi connectivity index (χ0n) is 8.12. The van der Waals surface area contributed by atoms with Gasteiger partial charge in [0.15, 0.2) is 0 Å². The van der Waals surface area contributed by atoms with Crippen LogP contribution >= 0.6 is 0 Å². The van der Waals surface area contributed by atoms with E-state index in [9.17, 15) is 0 Å². The lowest BCUT2D eigenvalue weighted by Crippen LogP contribution is -1.80. The second kappa shape index (κ2) is 5.59. The third-order valence-electron chi connectivity index (χ3n) is 1.68. The molecule has 0 radical (unpaired) electrons. The first-order valence-electron chi connectivity index (χ1n) is 4.27. The number of hydrogen-bond acceptors (Lipinski definition) is 1. The molecule has 1 aromatic heterocycles. The standard InChI is InChI=1S/C13H11N/c1-3-4-5-6-7-8-13-9-10-14-11-12(13)2/h6-11H,1H2,2H3/b8-7+. The summed E-state index contributed by atoms with van der Waals surface area (Å²) in [5.74, 6) is 0. The van der Waals surface area contributed by atoms with Crippen LogP contribution in [0.2, 0.25) is 0 Å². The number of nitrogens with zero attached hydrogens (tertiary/aromatic N) is 1. The van der Waals surface area contributed by atoms with E-state index in [2.05, 4.69) is 28.8 Å². The Hall–Kier alpha value is -2.03. The highest BCUT2D eigenvalue weighted by molar-refractivity contribution is 5.53. The molecule has 1 heterocycles. The largest absolute Gasteiger partial charge is 0.264 e. The van der Waals surface area contributed by atoms with Crippen LogP contribution < -0.4 is 0 Å². The molecular formula is C13H11N. The Morgan fingerprint density at radius 3 is 3.07 bits per heavy atom. The van der Waals surface area contributed by atoms with Crippen LogP contribution in [0.3, 0.4) is 0 Å². The zero-order chi connectivity index (χ0) is 10.2. The molecule has 1 heteroatoms. The van der Waals surface area contributed by atoms with Crippen molar-refractivity contribution >= 4 is 6.08 Å². The topological polar surface area (TPSA) is 12.9 Å². The molecule has 14 heavy (non-hydrogen) atoms. The molecule has 0 saturated carbocycles. The van der Waals surface area contributed by atoms with Crippen LogP contribution in [0.4, 0.5) is 0 Å². The highest BCUT2D eigenvalue weighted by atomic mass is 14.6. The lowest BCUT2D eigenvalue weighted by molar-refractivity contribution is 1.26. The normalized spacial score (nSPS) is 8.93. The Morgan fingerprint density at radius 1 is 1.50 bits per heavy atom. The number of allylic oxidation sites excluding steroid dienone is 2. The predicted molar refractivity (Wildman–Crippen MR) is 58.7 cm³/mol. The maximum Gasteiger partial charge on any atom is 0.0303 e. The first-order valence-corrected chi connectivity index (χ1v) is 4.27. The van der Waals surface area contributed by atoms with Crippen LogP contribution in [0.1, 0.15) is 11.1 Å². The molecule has 0 aliphatic heterocycles. The molecule has 0 spiro atoms. The molecule has 1 nitrogen and oxygen atoms in total. The van der Waals surface area contributed by atoms with Gasteiger partial charge in [-0.1, -0.05) is 23.6 Å². The molecule has 1 rings (SSSR count). The van der Waals surface area contributed by atoms with Gasteiger partial charge in [-0.05, 0) is 42.5 Å². The number of rotatable bonds is 2. The van der Waals surface area contributed by atoms with Crippen molar-refractivity contribution in [3.05, 3.63) is 65.5 Å². The van der Waals surface area contributed by atoms with E-state index in [0.717, 1.165) is 11.1 Å². The quantitative estimate of drug-likeness (QED) is 0.504. The van der Waals surface area contributed by atoms with Gasteiger partial charge in [0.2, 0.25) is 0 Å². The van der Waals surface area contributed by atoms with Crippen molar-refractivity contribution in [3.8, 4) is 0 Å². The molecule has 0 bridgehead atoms. The highest BCUT2D eigenvalue weighted by Crippen LogP contribution is 2.06. The van der Waals surface area contributed by atoms with E-state index in [1.807, 2.05) is 31.3 Å². The molecule has 0 saturated heterocycles. The minimum absolute atomic E-state index is 1.15. The van der Waals surface area contributed by atoms with Gasteiger partial charge in [-0.25, -0.2) is 0 Å². The molecule has 0 aliphatic rings. The predicted octanol–water partition coefficient (Wildman–Crippen LogP) is 3.05. The monoisotopic (exact) mass is 181 g/mol. The average molecular weight is 181 g/mol. The Balaban J connectivity index is 2.84.